The summed E-state index contributed by atoms with van der Waals surface area (Å²) in [5, 5.41) is 3.82. The third kappa shape index (κ3) is 5.58. The van der Waals surface area contributed by atoms with Crippen LogP contribution < -0.4 is 10.1 Å². The molecule has 2 N–H and O–H groups in total. The average molecular weight is 410 g/mol. The molecule has 0 radical (unpaired) electrons. The highest BCUT2D eigenvalue weighted by Gasteiger charge is 2.06. The molecule has 0 bridgehead atoms. The highest BCUT2D eigenvalue weighted by molar-refractivity contribution is 6.35. The van der Waals surface area contributed by atoms with Gasteiger partial charge in [0.2, 0.25) is 5.91 Å². The lowest BCUT2D eigenvalue weighted by Crippen LogP contribution is -2.26. The van der Waals surface area contributed by atoms with Crippen LogP contribution in [-0.4, -0.2) is 29.0 Å². The number of rotatable bonds is 8. The number of aromatic nitrogens is 2. The van der Waals surface area contributed by atoms with Crippen LogP contribution in [0.5, 0.6) is 5.75 Å². The molecule has 0 saturated heterocycles. The third-order valence-corrected chi connectivity index (χ3v) is 4.41. The van der Waals surface area contributed by atoms with Gasteiger partial charge >= 0.3 is 0 Å². The minimum Gasteiger partial charge on any atom is -0.492 e. The van der Waals surface area contributed by atoms with Crippen molar-refractivity contribution < 1.29 is 13.9 Å². The van der Waals surface area contributed by atoms with Crippen molar-refractivity contribution >= 4 is 40.1 Å². The number of carbonyl (C=O) groups excluding carboxylic acids is 1. The molecule has 0 aliphatic rings. The van der Waals surface area contributed by atoms with Crippen molar-refractivity contribution in [2.45, 2.75) is 19.3 Å². The molecule has 0 spiro atoms. The number of nitrogens with one attached hydrogen (secondary N) is 2. The molecule has 8 heteroatoms. The fourth-order valence-electron chi connectivity index (χ4n) is 2.57. The summed E-state index contributed by atoms with van der Waals surface area (Å²) in [5.41, 5.74) is 1.35. The lowest BCUT2D eigenvalue weighted by Gasteiger charge is -2.08. The number of aromatic amines is 1. The zero-order valence-corrected chi connectivity index (χ0v) is 15.9. The number of imidazole rings is 1. The predicted molar refractivity (Wildman–Crippen MR) is 104 cm³/mol. The minimum atomic E-state index is -0.312. The Morgan fingerprint density at radius 3 is 2.89 bits per heavy atom. The topological polar surface area (TPSA) is 67.0 Å². The molecule has 0 fully saturated rings. The first-order chi connectivity index (χ1) is 13.0. The number of fused-ring (bicyclic) bond motifs is 1. The van der Waals surface area contributed by atoms with Crippen molar-refractivity contribution in [2.75, 3.05) is 13.2 Å². The van der Waals surface area contributed by atoms with E-state index in [2.05, 4.69) is 15.3 Å². The number of hydrogen-bond acceptors (Lipinski definition) is 3. The largest absolute Gasteiger partial charge is 0.492 e. The zero-order valence-electron chi connectivity index (χ0n) is 14.4. The highest BCUT2D eigenvalue weighted by Crippen LogP contribution is 2.27. The Morgan fingerprint density at radius 1 is 1.22 bits per heavy atom. The number of H-pyrrole nitrogens is 1. The molecule has 0 aliphatic heterocycles. The van der Waals surface area contributed by atoms with Gasteiger partial charge in [0.05, 0.1) is 22.7 Å². The van der Waals surface area contributed by atoms with Gasteiger partial charge in [-0.1, -0.05) is 23.2 Å². The van der Waals surface area contributed by atoms with Gasteiger partial charge in [-0.15, -0.1) is 0 Å². The van der Waals surface area contributed by atoms with Crippen molar-refractivity contribution in [1.82, 2.24) is 15.3 Å². The maximum Gasteiger partial charge on any atom is 0.220 e. The van der Waals surface area contributed by atoms with E-state index in [9.17, 15) is 9.18 Å². The first-order valence-electron chi connectivity index (χ1n) is 8.50. The van der Waals surface area contributed by atoms with E-state index < -0.39 is 0 Å². The van der Waals surface area contributed by atoms with Gasteiger partial charge in [0.15, 0.2) is 0 Å². The van der Waals surface area contributed by atoms with Gasteiger partial charge in [0.25, 0.3) is 0 Å². The quantitative estimate of drug-likeness (QED) is 0.537. The van der Waals surface area contributed by atoms with Crippen molar-refractivity contribution in [3.8, 4) is 5.75 Å². The van der Waals surface area contributed by atoms with E-state index in [0.29, 0.717) is 65.1 Å². The van der Waals surface area contributed by atoms with E-state index in [-0.39, 0.29) is 11.7 Å². The summed E-state index contributed by atoms with van der Waals surface area (Å²) in [5.74, 6) is 0.871. The molecule has 2 aromatic carbocycles. The van der Waals surface area contributed by atoms with Crippen LogP contribution in [0.1, 0.15) is 18.7 Å². The molecule has 142 valence electrons. The van der Waals surface area contributed by atoms with Crippen LogP contribution in [0.3, 0.4) is 0 Å². The number of amides is 1. The van der Waals surface area contributed by atoms with Crippen molar-refractivity contribution in [3.63, 3.8) is 0 Å². The van der Waals surface area contributed by atoms with E-state index in [0.717, 1.165) is 0 Å². The van der Waals surface area contributed by atoms with Crippen molar-refractivity contribution in [2.24, 2.45) is 0 Å². The Kier molecular flexibility index (Phi) is 6.53. The van der Waals surface area contributed by atoms with E-state index >= 15 is 0 Å². The molecular weight excluding hydrogens is 392 g/mol. The fourth-order valence-corrected chi connectivity index (χ4v) is 3.03. The second-order valence-electron chi connectivity index (χ2n) is 5.97. The average Bonchev–Trinajstić information content (AvgIpc) is 3.02. The van der Waals surface area contributed by atoms with Crippen molar-refractivity contribution in [1.29, 1.82) is 0 Å². The molecule has 3 rings (SSSR count). The Morgan fingerprint density at radius 2 is 2.07 bits per heavy atom. The fraction of sp³-hybridized carbons (Fsp3) is 0.263. The number of benzene rings is 2. The maximum absolute atomic E-state index is 13.2. The number of halogens is 3. The van der Waals surface area contributed by atoms with E-state index in [1.807, 2.05) is 0 Å². The van der Waals surface area contributed by atoms with Crippen LogP contribution in [0.4, 0.5) is 4.39 Å². The Labute approximate surface area is 165 Å². The van der Waals surface area contributed by atoms with E-state index in [1.54, 1.807) is 24.3 Å². The first-order valence-corrected chi connectivity index (χ1v) is 9.25. The molecule has 27 heavy (non-hydrogen) atoms. The van der Waals surface area contributed by atoms with Gasteiger partial charge in [0, 0.05) is 24.4 Å². The molecule has 0 unspecified atom stereocenters. The third-order valence-electron chi connectivity index (χ3n) is 3.88. The SMILES string of the molecule is O=C(CCCOc1ccc(Cl)cc1Cl)NCCc1nc2ccc(F)cc2[nH]1. The van der Waals surface area contributed by atoms with Crippen LogP contribution in [0.15, 0.2) is 36.4 Å². The van der Waals surface area contributed by atoms with Gasteiger partial charge < -0.3 is 15.0 Å². The summed E-state index contributed by atoms with van der Waals surface area (Å²) in [6, 6.07) is 9.39. The summed E-state index contributed by atoms with van der Waals surface area (Å²) in [6.07, 6.45) is 1.45. The molecule has 0 aliphatic carbocycles. The van der Waals surface area contributed by atoms with E-state index in [1.165, 1.54) is 12.1 Å². The summed E-state index contributed by atoms with van der Waals surface area (Å²) >= 11 is 11.8. The molecule has 1 amide bonds. The maximum atomic E-state index is 13.2. The molecular formula is C19H18Cl2FN3O2. The number of ether oxygens (including phenoxy) is 1. The number of hydrogen-bond donors (Lipinski definition) is 2. The molecule has 0 atom stereocenters. The van der Waals surface area contributed by atoms with Crippen LogP contribution >= 0.6 is 23.2 Å². The van der Waals surface area contributed by atoms with Crippen LogP contribution in [0.25, 0.3) is 11.0 Å². The van der Waals surface area contributed by atoms with Crippen molar-refractivity contribution in [3.05, 3.63) is 58.1 Å². The molecule has 1 heterocycles. The van der Waals surface area contributed by atoms with Crippen LogP contribution in [0.2, 0.25) is 10.0 Å². The van der Waals surface area contributed by atoms with Gasteiger partial charge in [-0.25, -0.2) is 9.37 Å². The summed E-state index contributed by atoms with van der Waals surface area (Å²) in [7, 11) is 0. The van der Waals surface area contributed by atoms with Gasteiger partial charge in [-0.3, -0.25) is 4.79 Å². The zero-order chi connectivity index (χ0) is 19.2. The first kappa shape index (κ1) is 19.5. The normalized spacial score (nSPS) is 10.9. The van der Waals surface area contributed by atoms with Gasteiger partial charge in [-0.2, -0.15) is 0 Å². The van der Waals surface area contributed by atoms with Crippen LogP contribution in [-0.2, 0) is 11.2 Å². The Hall–Kier alpha value is -2.31. The minimum absolute atomic E-state index is 0.0667. The predicted octanol–water partition coefficient (Wildman–Crippen LogP) is 4.53. The molecule has 3 aromatic rings. The van der Waals surface area contributed by atoms with Gasteiger partial charge in [-0.05, 0) is 42.8 Å². The second-order valence-corrected chi connectivity index (χ2v) is 6.82. The number of carbonyl (C=O) groups is 1. The molecule has 1 aromatic heterocycles. The Balaban J connectivity index is 1.35. The smallest absolute Gasteiger partial charge is 0.220 e. The Bertz CT molecular complexity index is 946. The monoisotopic (exact) mass is 409 g/mol. The number of nitrogens with zero attached hydrogens (tertiary/aromatic N) is 1. The lowest BCUT2D eigenvalue weighted by molar-refractivity contribution is -0.121. The van der Waals surface area contributed by atoms with Gasteiger partial charge in [0.1, 0.15) is 17.4 Å². The second kappa shape index (κ2) is 9.06. The van der Waals surface area contributed by atoms with E-state index in [4.69, 9.17) is 27.9 Å². The standard InChI is InChI=1S/C19H18Cl2FN3O2/c20-12-3-6-17(14(21)10-12)27-9-1-2-19(26)23-8-7-18-24-15-5-4-13(22)11-16(15)25-18/h3-6,10-11H,1-2,7-9H2,(H,23,26)(H,24,25). The summed E-state index contributed by atoms with van der Waals surface area (Å²) < 4.78 is 18.7. The lowest BCUT2D eigenvalue weighted by atomic mass is 10.3. The molecule has 0 saturated carbocycles. The summed E-state index contributed by atoms with van der Waals surface area (Å²) in [4.78, 5) is 19.3. The van der Waals surface area contributed by atoms with Crippen LogP contribution in [0, 0.1) is 5.82 Å². The highest BCUT2D eigenvalue weighted by atomic mass is 35.5. The summed E-state index contributed by atoms with van der Waals surface area (Å²) in [6.45, 7) is 0.828. The molecule has 5 nitrogen and oxygen atoms in total.